The van der Waals surface area contributed by atoms with Gasteiger partial charge in [-0.25, -0.2) is 0 Å². The molecule has 0 N–H and O–H groups in total. The predicted octanol–water partition coefficient (Wildman–Crippen LogP) is 0.503. The summed E-state index contributed by atoms with van der Waals surface area (Å²) in [5, 5.41) is 0. The van der Waals surface area contributed by atoms with Crippen molar-refractivity contribution in [3.05, 3.63) is 0 Å². The van der Waals surface area contributed by atoms with Gasteiger partial charge in [-0.1, -0.05) is 0 Å². The van der Waals surface area contributed by atoms with Gasteiger partial charge in [-0.3, -0.25) is 14.4 Å². The van der Waals surface area contributed by atoms with Crippen LogP contribution in [0, 0.1) is 0 Å². The third-order valence-electron chi connectivity index (χ3n) is 1.56. The van der Waals surface area contributed by atoms with Crippen molar-refractivity contribution >= 4 is 17.5 Å². The highest BCUT2D eigenvalue weighted by molar-refractivity contribution is 6.00. The van der Waals surface area contributed by atoms with E-state index in [1.165, 1.54) is 13.8 Å². The van der Waals surface area contributed by atoms with Gasteiger partial charge in [-0.05, 0) is 13.8 Å². The fourth-order valence-electron chi connectivity index (χ4n) is 0.977. The second kappa shape index (κ2) is 7.11. The molecule has 0 bridgehead atoms. The SMILES string of the molecule is CCOCC(OC(C)=O)C(=O)CC(C)=O. The summed E-state index contributed by atoms with van der Waals surface area (Å²) in [6, 6.07) is 0. The summed E-state index contributed by atoms with van der Waals surface area (Å²) in [7, 11) is 0. The largest absolute Gasteiger partial charge is 0.452 e. The van der Waals surface area contributed by atoms with Crippen LogP contribution in [0.1, 0.15) is 27.2 Å². The third-order valence-corrected chi connectivity index (χ3v) is 1.56. The van der Waals surface area contributed by atoms with E-state index in [0.29, 0.717) is 6.61 Å². The highest BCUT2D eigenvalue weighted by Crippen LogP contribution is 2.01. The minimum Gasteiger partial charge on any atom is -0.452 e. The smallest absolute Gasteiger partial charge is 0.303 e. The summed E-state index contributed by atoms with van der Waals surface area (Å²) < 4.78 is 9.74. The molecule has 0 aromatic heterocycles. The Bertz CT molecular complexity index is 246. The van der Waals surface area contributed by atoms with Gasteiger partial charge < -0.3 is 9.47 Å². The maximum absolute atomic E-state index is 11.4. The average molecular weight is 216 g/mol. The van der Waals surface area contributed by atoms with Gasteiger partial charge >= 0.3 is 5.97 Å². The van der Waals surface area contributed by atoms with Crippen molar-refractivity contribution < 1.29 is 23.9 Å². The lowest BCUT2D eigenvalue weighted by atomic mass is 10.1. The number of hydrogen-bond donors (Lipinski definition) is 0. The zero-order chi connectivity index (χ0) is 11.8. The maximum Gasteiger partial charge on any atom is 0.303 e. The summed E-state index contributed by atoms with van der Waals surface area (Å²) >= 11 is 0. The van der Waals surface area contributed by atoms with E-state index in [-0.39, 0.29) is 18.8 Å². The van der Waals surface area contributed by atoms with Crippen LogP contribution >= 0.6 is 0 Å². The Labute approximate surface area is 88.7 Å². The maximum atomic E-state index is 11.4. The Morgan fingerprint density at radius 3 is 2.20 bits per heavy atom. The molecule has 0 aliphatic heterocycles. The van der Waals surface area contributed by atoms with Crippen molar-refractivity contribution in [3.63, 3.8) is 0 Å². The fraction of sp³-hybridized carbons (Fsp3) is 0.700. The topological polar surface area (TPSA) is 69.7 Å². The first-order valence-electron chi connectivity index (χ1n) is 4.74. The molecule has 0 spiro atoms. The summed E-state index contributed by atoms with van der Waals surface area (Å²) in [6.07, 6.45) is -1.20. The minimum atomic E-state index is -0.966. The molecule has 5 nitrogen and oxygen atoms in total. The Kier molecular flexibility index (Phi) is 6.53. The van der Waals surface area contributed by atoms with Gasteiger partial charge in [-0.15, -0.1) is 0 Å². The normalized spacial score (nSPS) is 11.9. The van der Waals surface area contributed by atoms with Crippen LogP contribution in [0.3, 0.4) is 0 Å². The summed E-state index contributed by atoms with van der Waals surface area (Å²) in [5.74, 6) is -1.24. The van der Waals surface area contributed by atoms with Crippen LogP contribution in [0.25, 0.3) is 0 Å². The monoisotopic (exact) mass is 216 g/mol. The van der Waals surface area contributed by atoms with Crippen molar-refractivity contribution in [2.24, 2.45) is 0 Å². The van der Waals surface area contributed by atoms with Gasteiger partial charge in [0.2, 0.25) is 0 Å². The molecule has 0 rings (SSSR count). The fourth-order valence-corrected chi connectivity index (χ4v) is 0.977. The molecule has 1 unspecified atom stereocenters. The number of esters is 1. The number of rotatable bonds is 7. The van der Waals surface area contributed by atoms with E-state index in [0.717, 1.165) is 0 Å². The van der Waals surface area contributed by atoms with Crippen LogP contribution < -0.4 is 0 Å². The molecule has 0 saturated carbocycles. The van der Waals surface area contributed by atoms with E-state index in [9.17, 15) is 14.4 Å². The zero-order valence-corrected chi connectivity index (χ0v) is 9.24. The number of hydrogen-bond acceptors (Lipinski definition) is 5. The first kappa shape index (κ1) is 13.8. The van der Waals surface area contributed by atoms with E-state index in [4.69, 9.17) is 9.47 Å². The number of Topliss-reactive ketones (excluding diaryl/α,β-unsaturated/α-hetero) is 2. The predicted molar refractivity (Wildman–Crippen MR) is 52.4 cm³/mol. The molecule has 86 valence electrons. The zero-order valence-electron chi connectivity index (χ0n) is 9.24. The second-order valence-corrected chi connectivity index (χ2v) is 3.10. The molecule has 0 amide bonds. The lowest BCUT2D eigenvalue weighted by Crippen LogP contribution is -2.32. The highest BCUT2D eigenvalue weighted by Gasteiger charge is 2.22. The number of ketones is 2. The second-order valence-electron chi connectivity index (χ2n) is 3.10. The number of carbonyl (C=O) groups excluding carboxylic acids is 3. The van der Waals surface area contributed by atoms with Crippen LogP contribution in [0.2, 0.25) is 0 Å². The molecule has 0 heterocycles. The third kappa shape index (κ3) is 6.79. The minimum absolute atomic E-state index is 0.00218. The summed E-state index contributed by atoms with van der Waals surface area (Å²) in [6.45, 7) is 4.71. The molecular weight excluding hydrogens is 200 g/mol. The highest BCUT2D eigenvalue weighted by atomic mass is 16.6. The number of ether oxygens (including phenoxy) is 2. The molecule has 1 atom stereocenters. The van der Waals surface area contributed by atoms with Gasteiger partial charge in [0.05, 0.1) is 13.0 Å². The standard InChI is InChI=1S/C10H16O5/c1-4-14-6-10(15-8(3)12)9(13)5-7(2)11/h10H,4-6H2,1-3H3. The lowest BCUT2D eigenvalue weighted by Gasteiger charge is -2.14. The van der Waals surface area contributed by atoms with Crippen LogP contribution in [0.15, 0.2) is 0 Å². The molecule has 0 saturated heterocycles. The lowest BCUT2D eigenvalue weighted by molar-refractivity contribution is -0.157. The summed E-state index contributed by atoms with van der Waals surface area (Å²) in [4.78, 5) is 32.8. The molecule has 0 aromatic carbocycles. The molecule has 0 aliphatic rings. The quantitative estimate of drug-likeness (QED) is 0.458. The number of carbonyl (C=O) groups is 3. The van der Waals surface area contributed by atoms with E-state index >= 15 is 0 Å². The summed E-state index contributed by atoms with van der Waals surface area (Å²) in [5.41, 5.74) is 0. The van der Waals surface area contributed by atoms with Crippen LogP contribution in [-0.2, 0) is 23.9 Å². The molecule has 0 aliphatic carbocycles. The van der Waals surface area contributed by atoms with Crippen molar-refractivity contribution in [3.8, 4) is 0 Å². The van der Waals surface area contributed by atoms with Gasteiger partial charge in [0.25, 0.3) is 0 Å². The van der Waals surface area contributed by atoms with E-state index in [1.54, 1.807) is 6.92 Å². The molecule has 0 fully saturated rings. The molecular formula is C10H16O5. The van der Waals surface area contributed by atoms with E-state index in [1.807, 2.05) is 0 Å². The van der Waals surface area contributed by atoms with Crippen molar-refractivity contribution in [2.45, 2.75) is 33.3 Å². The van der Waals surface area contributed by atoms with Crippen LogP contribution in [-0.4, -0.2) is 36.9 Å². The molecule has 15 heavy (non-hydrogen) atoms. The van der Waals surface area contributed by atoms with Gasteiger partial charge in [-0.2, -0.15) is 0 Å². The Hall–Kier alpha value is -1.23. The van der Waals surface area contributed by atoms with E-state index in [2.05, 4.69) is 0 Å². The molecule has 5 heteroatoms. The van der Waals surface area contributed by atoms with Crippen molar-refractivity contribution in [1.82, 2.24) is 0 Å². The van der Waals surface area contributed by atoms with Crippen molar-refractivity contribution in [2.75, 3.05) is 13.2 Å². The van der Waals surface area contributed by atoms with Gasteiger partial charge in [0.15, 0.2) is 11.9 Å². The Balaban J connectivity index is 4.26. The van der Waals surface area contributed by atoms with Gasteiger partial charge in [0, 0.05) is 13.5 Å². The molecule has 0 radical (unpaired) electrons. The van der Waals surface area contributed by atoms with Crippen LogP contribution in [0.5, 0.6) is 0 Å². The van der Waals surface area contributed by atoms with E-state index < -0.39 is 17.9 Å². The Morgan fingerprint density at radius 1 is 1.20 bits per heavy atom. The Morgan fingerprint density at radius 2 is 1.80 bits per heavy atom. The molecule has 0 aromatic rings. The average Bonchev–Trinajstić information content (AvgIpc) is 2.10. The van der Waals surface area contributed by atoms with Crippen molar-refractivity contribution in [1.29, 1.82) is 0 Å². The van der Waals surface area contributed by atoms with Gasteiger partial charge in [0.1, 0.15) is 5.78 Å². The first-order valence-corrected chi connectivity index (χ1v) is 4.74. The van der Waals surface area contributed by atoms with Crippen LogP contribution in [0.4, 0.5) is 0 Å². The first-order chi connectivity index (χ1) is 6.97.